The van der Waals surface area contributed by atoms with Crippen LogP contribution in [0, 0.1) is 0 Å². The van der Waals surface area contributed by atoms with E-state index in [-0.39, 0.29) is 11.9 Å². The molecule has 1 aliphatic rings. The van der Waals surface area contributed by atoms with Crippen LogP contribution in [0.3, 0.4) is 0 Å². The molecule has 0 heterocycles. The number of carbonyl (C=O) groups excluding carboxylic acids is 1. The lowest BCUT2D eigenvalue weighted by Crippen LogP contribution is -2.38. The Morgan fingerprint density at radius 3 is 2.50 bits per heavy atom. The van der Waals surface area contributed by atoms with Crippen molar-refractivity contribution in [2.75, 3.05) is 25.0 Å². The quantitative estimate of drug-likeness (QED) is 0.310. The van der Waals surface area contributed by atoms with E-state index in [2.05, 4.69) is 17.7 Å². The van der Waals surface area contributed by atoms with Gasteiger partial charge in [0.1, 0.15) is 5.75 Å². The molecule has 0 radical (unpaired) electrons. The standard InChI is InChI=1S/C27H39N3O4/c1-4-10-20(15-18-27(31)30(2)21-11-6-5-7-12-21)28-24-19-22(16-17-23(24)29-32)34-26-14-9-8-13-25(26)33-3/h8-9,13-14,16-17,19-21,28-29,32H,4-7,10-12,15,18H2,1-3H3. The predicted octanol–water partition coefficient (Wildman–Crippen LogP) is 6.44. The lowest BCUT2D eigenvalue weighted by Gasteiger charge is -2.32. The molecule has 2 aromatic carbocycles. The lowest BCUT2D eigenvalue weighted by molar-refractivity contribution is -0.132. The molecule has 7 nitrogen and oxygen atoms in total. The fraction of sp³-hybridized carbons (Fsp3) is 0.519. The summed E-state index contributed by atoms with van der Waals surface area (Å²) in [5.74, 6) is 2.09. The van der Waals surface area contributed by atoms with Gasteiger partial charge in [0.05, 0.1) is 18.5 Å². The number of amides is 1. The SMILES string of the molecule is CCCC(CCC(=O)N(C)C1CCCCC1)Nc1cc(Oc2ccccc2OC)ccc1NO. The molecule has 1 aliphatic carbocycles. The van der Waals surface area contributed by atoms with E-state index in [1.807, 2.05) is 42.3 Å². The molecule has 1 fully saturated rings. The molecule has 186 valence electrons. The molecule has 7 heteroatoms. The molecule has 0 spiro atoms. The van der Waals surface area contributed by atoms with Gasteiger partial charge in [-0.15, -0.1) is 0 Å². The third kappa shape index (κ3) is 7.03. The Bertz CT molecular complexity index is 914. The topological polar surface area (TPSA) is 83.1 Å². The van der Waals surface area contributed by atoms with E-state index in [1.54, 1.807) is 19.2 Å². The van der Waals surface area contributed by atoms with Crippen molar-refractivity contribution in [2.45, 2.75) is 76.8 Å². The number of rotatable bonds is 12. The number of hydrogen-bond donors (Lipinski definition) is 3. The highest BCUT2D eigenvalue weighted by Crippen LogP contribution is 2.35. The molecule has 3 rings (SSSR count). The number of nitrogens with one attached hydrogen (secondary N) is 2. The number of hydrogen-bond acceptors (Lipinski definition) is 6. The van der Waals surface area contributed by atoms with Crippen LogP contribution in [0.4, 0.5) is 11.4 Å². The highest BCUT2D eigenvalue weighted by atomic mass is 16.5. The summed E-state index contributed by atoms with van der Waals surface area (Å²) in [6, 6.07) is 13.3. The number of nitrogens with zero attached hydrogens (tertiary/aromatic N) is 1. The van der Waals surface area contributed by atoms with Crippen LogP contribution in [0.5, 0.6) is 17.2 Å². The van der Waals surface area contributed by atoms with Crippen molar-refractivity contribution in [3.63, 3.8) is 0 Å². The molecular formula is C27H39N3O4. The fourth-order valence-electron chi connectivity index (χ4n) is 4.64. The van der Waals surface area contributed by atoms with Crippen molar-refractivity contribution in [3.8, 4) is 17.2 Å². The Morgan fingerprint density at radius 1 is 1.09 bits per heavy atom. The lowest BCUT2D eigenvalue weighted by atomic mass is 9.94. The summed E-state index contributed by atoms with van der Waals surface area (Å²) >= 11 is 0. The number of methoxy groups -OCH3 is 1. The van der Waals surface area contributed by atoms with E-state index in [4.69, 9.17) is 9.47 Å². The van der Waals surface area contributed by atoms with Gasteiger partial charge in [-0.25, -0.2) is 0 Å². The molecule has 1 unspecified atom stereocenters. The van der Waals surface area contributed by atoms with Crippen LogP contribution in [0.25, 0.3) is 0 Å². The molecule has 3 N–H and O–H groups in total. The first-order valence-electron chi connectivity index (χ1n) is 12.4. The first-order valence-corrected chi connectivity index (χ1v) is 12.4. The van der Waals surface area contributed by atoms with E-state index in [9.17, 15) is 10.0 Å². The predicted molar refractivity (Wildman–Crippen MR) is 136 cm³/mol. The maximum absolute atomic E-state index is 12.9. The van der Waals surface area contributed by atoms with Gasteiger partial charge in [0, 0.05) is 31.6 Å². The molecule has 0 aromatic heterocycles. The maximum Gasteiger partial charge on any atom is 0.222 e. The summed E-state index contributed by atoms with van der Waals surface area (Å²) in [6.45, 7) is 2.14. The van der Waals surface area contributed by atoms with Crippen LogP contribution >= 0.6 is 0 Å². The van der Waals surface area contributed by atoms with E-state index < -0.39 is 0 Å². The highest BCUT2D eigenvalue weighted by molar-refractivity contribution is 5.76. The van der Waals surface area contributed by atoms with Crippen molar-refractivity contribution < 1.29 is 19.5 Å². The van der Waals surface area contributed by atoms with Gasteiger partial charge < -0.3 is 19.7 Å². The zero-order valence-corrected chi connectivity index (χ0v) is 20.7. The summed E-state index contributed by atoms with van der Waals surface area (Å²) in [4.78, 5) is 14.8. The van der Waals surface area contributed by atoms with Crippen molar-refractivity contribution >= 4 is 17.3 Å². The van der Waals surface area contributed by atoms with Crippen molar-refractivity contribution in [1.29, 1.82) is 0 Å². The average Bonchev–Trinajstić information content (AvgIpc) is 2.87. The van der Waals surface area contributed by atoms with Crippen LogP contribution in [0.1, 0.15) is 64.7 Å². The number of ether oxygens (including phenoxy) is 2. The van der Waals surface area contributed by atoms with Gasteiger partial charge in [-0.3, -0.25) is 15.5 Å². The molecule has 0 bridgehead atoms. The van der Waals surface area contributed by atoms with Gasteiger partial charge in [0.25, 0.3) is 0 Å². The third-order valence-corrected chi connectivity index (χ3v) is 6.63. The summed E-state index contributed by atoms with van der Waals surface area (Å²) in [6.07, 6.45) is 9.08. The second-order valence-electron chi connectivity index (χ2n) is 9.04. The van der Waals surface area contributed by atoms with Crippen LogP contribution in [-0.4, -0.2) is 42.3 Å². The van der Waals surface area contributed by atoms with E-state index in [1.165, 1.54) is 19.3 Å². The summed E-state index contributed by atoms with van der Waals surface area (Å²) in [5, 5.41) is 13.2. The van der Waals surface area contributed by atoms with Crippen LogP contribution in [0.15, 0.2) is 42.5 Å². The Hall–Kier alpha value is -2.93. The van der Waals surface area contributed by atoms with E-state index >= 15 is 0 Å². The number of anilines is 2. The second-order valence-corrected chi connectivity index (χ2v) is 9.04. The van der Waals surface area contributed by atoms with Crippen molar-refractivity contribution in [2.24, 2.45) is 0 Å². The van der Waals surface area contributed by atoms with Gasteiger partial charge in [0.15, 0.2) is 11.5 Å². The van der Waals surface area contributed by atoms with Crippen molar-refractivity contribution in [3.05, 3.63) is 42.5 Å². The smallest absolute Gasteiger partial charge is 0.222 e. The minimum absolute atomic E-state index is 0.0994. The Balaban J connectivity index is 1.67. The average molecular weight is 470 g/mol. The molecular weight excluding hydrogens is 430 g/mol. The zero-order chi connectivity index (χ0) is 24.3. The minimum Gasteiger partial charge on any atom is -0.493 e. The molecule has 1 amide bonds. The molecule has 1 saturated carbocycles. The Kier molecular flexibility index (Phi) is 9.89. The van der Waals surface area contributed by atoms with Gasteiger partial charge in [-0.2, -0.15) is 0 Å². The first kappa shape index (κ1) is 25.7. The Labute approximate surface area is 203 Å². The van der Waals surface area contributed by atoms with Gasteiger partial charge in [0.2, 0.25) is 5.91 Å². The number of para-hydroxylation sites is 2. The van der Waals surface area contributed by atoms with Crippen LogP contribution < -0.4 is 20.3 Å². The molecule has 0 aliphatic heterocycles. The molecule has 1 atom stereocenters. The number of carbonyl (C=O) groups is 1. The van der Waals surface area contributed by atoms with E-state index in [0.717, 1.165) is 37.8 Å². The largest absolute Gasteiger partial charge is 0.493 e. The van der Waals surface area contributed by atoms with Gasteiger partial charge in [-0.05, 0) is 49.9 Å². The molecule has 34 heavy (non-hydrogen) atoms. The zero-order valence-electron chi connectivity index (χ0n) is 20.7. The van der Waals surface area contributed by atoms with Crippen molar-refractivity contribution in [1.82, 2.24) is 4.90 Å². The van der Waals surface area contributed by atoms with Crippen LogP contribution in [-0.2, 0) is 4.79 Å². The van der Waals surface area contributed by atoms with E-state index in [0.29, 0.717) is 35.4 Å². The molecule has 2 aromatic rings. The first-order chi connectivity index (χ1) is 16.5. The highest BCUT2D eigenvalue weighted by Gasteiger charge is 2.23. The third-order valence-electron chi connectivity index (χ3n) is 6.63. The van der Waals surface area contributed by atoms with Gasteiger partial charge in [-0.1, -0.05) is 44.7 Å². The Morgan fingerprint density at radius 2 is 1.82 bits per heavy atom. The second kappa shape index (κ2) is 13.1. The summed E-state index contributed by atoms with van der Waals surface area (Å²) in [7, 11) is 3.56. The fourth-order valence-corrected chi connectivity index (χ4v) is 4.64. The summed E-state index contributed by atoms with van der Waals surface area (Å²) in [5.41, 5.74) is 3.54. The monoisotopic (exact) mass is 469 g/mol. The summed E-state index contributed by atoms with van der Waals surface area (Å²) < 4.78 is 11.4. The maximum atomic E-state index is 12.9. The number of benzene rings is 2. The minimum atomic E-state index is 0.0994. The molecule has 0 saturated heterocycles. The van der Waals surface area contributed by atoms with Crippen LogP contribution in [0.2, 0.25) is 0 Å². The van der Waals surface area contributed by atoms with Gasteiger partial charge >= 0.3 is 0 Å². The normalized spacial score (nSPS) is 14.8.